The third-order valence-corrected chi connectivity index (χ3v) is 5.17. The second-order valence-corrected chi connectivity index (χ2v) is 8.51. The van der Waals surface area contributed by atoms with E-state index in [9.17, 15) is 13.6 Å². The molecule has 0 aliphatic rings. The number of halogens is 4. The third kappa shape index (κ3) is 5.86. The number of nitrogens with one attached hydrogen (secondary N) is 2. The van der Waals surface area contributed by atoms with Crippen molar-refractivity contribution in [3.63, 3.8) is 0 Å². The molecule has 146 valence electrons. The van der Waals surface area contributed by atoms with Crippen molar-refractivity contribution in [2.45, 2.75) is 13.3 Å². The maximum Gasteiger partial charge on any atom is 0.253 e. The van der Waals surface area contributed by atoms with Crippen LogP contribution in [0.25, 0.3) is 0 Å². The molecule has 27 heavy (non-hydrogen) atoms. The summed E-state index contributed by atoms with van der Waals surface area (Å²) in [6.45, 7) is 3.11. The Bertz CT molecular complexity index is 846. The van der Waals surface area contributed by atoms with Gasteiger partial charge in [0, 0.05) is 15.8 Å². The Kier molecular flexibility index (Phi) is 7.99. The van der Waals surface area contributed by atoms with Crippen LogP contribution in [0.5, 0.6) is 0 Å². The molecular weight excluding hydrogens is 531 g/mol. The van der Waals surface area contributed by atoms with Crippen molar-refractivity contribution in [2.24, 2.45) is 0 Å². The van der Waals surface area contributed by atoms with Gasteiger partial charge < -0.3 is 15.5 Å². The van der Waals surface area contributed by atoms with Crippen LogP contribution in [-0.2, 0) is 0 Å². The molecule has 0 bridgehead atoms. The van der Waals surface area contributed by atoms with E-state index in [0.717, 1.165) is 22.1 Å². The summed E-state index contributed by atoms with van der Waals surface area (Å²) in [5.74, 6) is -2.59. The Morgan fingerprint density at radius 1 is 1.22 bits per heavy atom. The van der Waals surface area contributed by atoms with Gasteiger partial charge in [0.05, 0.1) is 15.7 Å². The summed E-state index contributed by atoms with van der Waals surface area (Å²) in [6, 6.07) is 6.83. The minimum atomic E-state index is -1.10. The normalized spacial score (nSPS) is 11.0. The number of carbonyl (C=O) groups is 1. The highest BCUT2D eigenvalue weighted by Gasteiger charge is 2.22. The number of carbonyl (C=O) groups excluding carboxylic acids is 1. The molecule has 0 aliphatic carbocycles. The van der Waals surface area contributed by atoms with Gasteiger partial charge in [-0.15, -0.1) is 0 Å². The average Bonchev–Trinajstić information content (AvgIpc) is 2.60. The van der Waals surface area contributed by atoms with E-state index >= 15 is 0 Å². The van der Waals surface area contributed by atoms with E-state index in [0.29, 0.717) is 12.2 Å². The van der Waals surface area contributed by atoms with Crippen LogP contribution in [0, 0.1) is 22.1 Å². The van der Waals surface area contributed by atoms with E-state index < -0.39 is 17.5 Å². The second kappa shape index (κ2) is 9.79. The van der Waals surface area contributed by atoms with E-state index in [1.807, 2.05) is 38.1 Å². The number of anilines is 2. The summed E-state index contributed by atoms with van der Waals surface area (Å²) >= 11 is 5.15. The lowest BCUT2D eigenvalue weighted by Gasteiger charge is -2.16. The third-order valence-electron chi connectivity index (χ3n) is 3.92. The van der Waals surface area contributed by atoms with Gasteiger partial charge in [-0.25, -0.2) is 8.78 Å². The van der Waals surface area contributed by atoms with E-state index in [-0.39, 0.29) is 15.7 Å². The number of aryl methyl sites for hydroxylation is 1. The molecule has 4 nitrogen and oxygen atoms in total. The van der Waals surface area contributed by atoms with Crippen molar-refractivity contribution in [3.8, 4) is 0 Å². The minimum absolute atomic E-state index is 0.0450. The van der Waals surface area contributed by atoms with Gasteiger partial charge in [0.15, 0.2) is 11.6 Å². The van der Waals surface area contributed by atoms with Crippen LogP contribution in [0.1, 0.15) is 22.3 Å². The zero-order valence-electron chi connectivity index (χ0n) is 15.3. The maximum atomic E-state index is 14.6. The molecule has 0 aromatic heterocycles. The molecule has 0 heterocycles. The SMILES string of the molecule is Cc1cc(I)ccc1Nc1c(C(=O)NCCCN(C)C)cc(Br)c(F)c1F. The van der Waals surface area contributed by atoms with Crippen LogP contribution in [0.4, 0.5) is 20.2 Å². The molecule has 2 aromatic carbocycles. The predicted octanol–water partition coefficient (Wildman–Crippen LogP) is 5.07. The van der Waals surface area contributed by atoms with Crippen molar-refractivity contribution < 1.29 is 13.6 Å². The highest BCUT2D eigenvalue weighted by Crippen LogP contribution is 2.32. The number of hydrogen-bond acceptors (Lipinski definition) is 3. The predicted molar refractivity (Wildman–Crippen MR) is 117 cm³/mol. The molecule has 2 N–H and O–H groups in total. The molecule has 2 aromatic rings. The van der Waals surface area contributed by atoms with Crippen LogP contribution >= 0.6 is 38.5 Å². The van der Waals surface area contributed by atoms with Crippen LogP contribution in [-0.4, -0.2) is 38.0 Å². The maximum absolute atomic E-state index is 14.6. The molecule has 0 atom stereocenters. The molecule has 8 heteroatoms. The fraction of sp³-hybridized carbons (Fsp3) is 0.316. The Hall–Kier alpha value is -1.26. The van der Waals surface area contributed by atoms with Crippen molar-refractivity contribution in [1.29, 1.82) is 0 Å². The van der Waals surface area contributed by atoms with E-state index in [4.69, 9.17) is 0 Å². The van der Waals surface area contributed by atoms with Gasteiger partial charge in [-0.05, 0) is 102 Å². The van der Waals surface area contributed by atoms with Crippen molar-refractivity contribution in [2.75, 3.05) is 32.5 Å². The van der Waals surface area contributed by atoms with Crippen molar-refractivity contribution in [3.05, 3.63) is 55.1 Å². The van der Waals surface area contributed by atoms with Gasteiger partial charge in [0.1, 0.15) is 0 Å². The average molecular weight is 552 g/mol. The minimum Gasteiger partial charge on any atom is -0.352 e. The van der Waals surface area contributed by atoms with E-state index in [2.05, 4.69) is 49.2 Å². The lowest BCUT2D eigenvalue weighted by Crippen LogP contribution is -2.28. The molecule has 0 saturated heterocycles. The zero-order valence-corrected chi connectivity index (χ0v) is 19.0. The quantitative estimate of drug-likeness (QED) is 0.287. The Labute approximate surface area is 180 Å². The fourth-order valence-corrected chi connectivity index (χ4v) is 3.54. The molecule has 0 fully saturated rings. The van der Waals surface area contributed by atoms with Crippen molar-refractivity contribution in [1.82, 2.24) is 10.2 Å². The van der Waals surface area contributed by atoms with Gasteiger partial charge in [-0.1, -0.05) is 0 Å². The highest BCUT2D eigenvalue weighted by molar-refractivity contribution is 14.1. The summed E-state index contributed by atoms with van der Waals surface area (Å²) in [4.78, 5) is 14.6. The van der Waals surface area contributed by atoms with Crippen LogP contribution in [0.3, 0.4) is 0 Å². The molecular formula is C19H21BrF2IN3O. The van der Waals surface area contributed by atoms with E-state index in [1.165, 1.54) is 6.07 Å². The van der Waals surface area contributed by atoms with Crippen LogP contribution < -0.4 is 10.6 Å². The van der Waals surface area contributed by atoms with Gasteiger partial charge in [-0.3, -0.25) is 4.79 Å². The summed E-state index contributed by atoms with van der Waals surface area (Å²) in [5.41, 5.74) is 1.34. The monoisotopic (exact) mass is 551 g/mol. The molecule has 0 saturated carbocycles. The zero-order chi connectivity index (χ0) is 20.1. The number of nitrogens with zero attached hydrogens (tertiary/aromatic N) is 1. The first-order chi connectivity index (χ1) is 12.7. The number of rotatable bonds is 7. The molecule has 2 rings (SSSR count). The molecule has 0 radical (unpaired) electrons. The Morgan fingerprint density at radius 2 is 1.93 bits per heavy atom. The molecule has 0 spiro atoms. The largest absolute Gasteiger partial charge is 0.352 e. The van der Waals surface area contributed by atoms with Gasteiger partial charge in [0.2, 0.25) is 0 Å². The Morgan fingerprint density at radius 3 is 2.56 bits per heavy atom. The number of benzene rings is 2. The molecule has 0 aliphatic heterocycles. The van der Waals surface area contributed by atoms with Gasteiger partial charge in [-0.2, -0.15) is 0 Å². The number of amides is 1. The lowest BCUT2D eigenvalue weighted by molar-refractivity contribution is 0.0952. The van der Waals surface area contributed by atoms with Gasteiger partial charge in [0.25, 0.3) is 5.91 Å². The lowest BCUT2D eigenvalue weighted by atomic mass is 10.1. The highest BCUT2D eigenvalue weighted by atomic mass is 127. The van der Waals surface area contributed by atoms with Crippen molar-refractivity contribution >= 4 is 55.8 Å². The first-order valence-corrected chi connectivity index (χ1v) is 10.2. The van der Waals surface area contributed by atoms with Gasteiger partial charge >= 0.3 is 0 Å². The summed E-state index contributed by atoms with van der Waals surface area (Å²) in [5, 5.41) is 5.65. The standard InChI is InChI=1S/C19H21BrF2IN3O/c1-11-9-12(23)5-6-15(11)25-18-13(10-14(20)16(21)17(18)22)19(27)24-7-4-8-26(2)3/h5-6,9-10,25H,4,7-8H2,1-3H3,(H,24,27). The fourth-order valence-electron chi connectivity index (χ4n) is 2.49. The summed E-state index contributed by atoms with van der Waals surface area (Å²) < 4.78 is 29.6. The summed E-state index contributed by atoms with van der Waals surface area (Å²) in [7, 11) is 3.89. The second-order valence-electron chi connectivity index (χ2n) is 6.41. The summed E-state index contributed by atoms with van der Waals surface area (Å²) in [6.07, 6.45) is 0.753. The molecule has 0 unspecified atom stereocenters. The first kappa shape index (κ1) is 22.0. The Balaban J connectivity index is 2.32. The molecule has 1 amide bonds. The first-order valence-electron chi connectivity index (χ1n) is 8.34. The smallest absolute Gasteiger partial charge is 0.253 e. The van der Waals surface area contributed by atoms with Crippen LogP contribution in [0.15, 0.2) is 28.7 Å². The van der Waals surface area contributed by atoms with E-state index in [1.54, 1.807) is 6.07 Å². The van der Waals surface area contributed by atoms with Crippen LogP contribution in [0.2, 0.25) is 0 Å². The number of hydrogen-bond donors (Lipinski definition) is 2. The topological polar surface area (TPSA) is 44.4 Å².